The Labute approximate surface area is 284 Å². The lowest BCUT2D eigenvalue weighted by Gasteiger charge is -2.22. The third kappa shape index (κ3) is 14.2. The van der Waals surface area contributed by atoms with Crippen molar-refractivity contribution in [1.29, 1.82) is 0 Å². The normalized spacial score (nSPS) is 11.1. The molecule has 0 aliphatic rings. The van der Waals surface area contributed by atoms with Crippen LogP contribution >= 0.6 is 0 Å². The standard InChI is InChI=1S/C38H47N5O5/c1-4-37(45)47-28-13-11-9-7-8-10-12-14-36(44)30-15-17-31(18-16-30)39-40-32-19-21-33(22-20-32)41-42-34-23-25-35(26-24-34)43(6-3)27-29-48-38(46)5-2/h5,15-26H,2,4,6-14,27-29H2,1,3H3. The van der Waals surface area contributed by atoms with Gasteiger partial charge in [-0.25, -0.2) is 4.79 Å². The van der Waals surface area contributed by atoms with Crippen molar-refractivity contribution in [2.45, 2.75) is 71.6 Å². The maximum absolute atomic E-state index is 12.6. The molecule has 0 fully saturated rings. The molecule has 0 aliphatic carbocycles. The third-order valence-electron chi connectivity index (χ3n) is 7.57. The number of ketones is 1. The van der Waals surface area contributed by atoms with Gasteiger partial charge in [-0.1, -0.05) is 45.6 Å². The summed E-state index contributed by atoms with van der Waals surface area (Å²) >= 11 is 0. The first-order chi connectivity index (χ1) is 23.4. The first-order valence-electron chi connectivity index (χ1n) is 16.8. The molecule has 254 valence electrons. The van der Waals surface area contributed by atoms with Gasteiger partial charge in [0.25, 0.3) is 0 Å². The number of esters is 2. The molecule has 3 aromatic rings. The highest BCUT2D eigenvalue weighted by atomic mass is 16.5. The van der Waals surface area contributed by atoms with E-state index in [0.29, 0.717) is 48.6 Å². The predicted molar refractivity (Wildman–Crippen MR) is 189 cm³/mol. The van der Waals surface area contributed by atoms with Crippen LogP contribution in [0.1, 0.15) is 82.0 Å². The number of benzene rings is 3. The van der Waals surface area contributed by atoms with Crippen molar-refractivity contribution in [3.05, 3.63) is 91.0 Å². The molecular formula is C38H47N5O5. The van der Waals surface area contributed by atoms with E-state index in [4.69, 9.17) is 9.47 Å². The first kappa shape index (κ1) is 37.5. The molecule has 10 heteroatoms. The van der Waals surface area contributed by atoms with Gasteiger partial charge in [0, 0.05) is 36.7 Å². The van der Waals surface area contributed by atoms with Crippen LogP contribution in [0, 0.1) is 0 Å². The Hall–Kier alpha value is -4.99. The number of unbranched alkanes of at least 4 members (excludes halogenated alkanes) is 6. The largest absolute Gasteiger partial charge is 0.466 e. The fraction of sp³-hybridized carbons (Fsp3) is 0.395. The Morgan fingerprint density at radius 3 is 1.62 bits per heavy atom. The number of azo groups is 2. The molecule has 0 N–H and O–H groups in total. The monoisotopic (exact) mass is 653 g/mol. The van der Waals surface area contributed by atoms with E-state index in [1.807, 2.05) is 55.5 Å². The van der Waals surface area contributed by atoms with Crippen LogP contribution in [-0.2, 0) is 19.1 Å². The summed E-state index contributed by atoms with van der Waals surface area (Å²) in [5.74, 6) is -0.418. The van der Waals surface area contributed by atoms with Crippen molar-refractivity contribution in [3.8, 4) is 0 Å². The van der Waals surface area contributed by atoms with Crippen molar-refractivity contribution in [3.63, 3.8) is 0 Å². The topological polar surface area (TPSA) is 122 Å². The average Bonchev–Trinajstić information content (AvgIpc) is 3.13. The van der Waals surface area contributed by atoms with Crippen LogP contribution in [0.4, 0.5) is 28.4 Å². The van der Waals surface area contributed by atoms with Gasteiger partial charge in [0.2, 0.25) is 0 Å². The number of ether oxygens (including phenoxy) is 2. The lowest BCUT2D eigenvalue weighted by Crippen LogP contribution is -2.27. The molecular weight excluding hydrogens is 606 g/mol. The van der Waals surface area contributed by atoms with Crippen LogP contribution in [0.15, 0.2) is 106 Å². The number of carbonyl (C=O) groups is 3. The van der Waals surface area contributed by atoms with Gasteiger partial charge in [-0.3, -0.25) is 9.59 Å². The molecule has 0 unspecified atom stereocenters. The van der Waals surface area contributed by atoms with E-state index < -0.39 is 5.97 Å². The van der Waals surface area contributed by atoms with Gasteiger partial charge in [0.15, 0.2) is 5.78 Å². The summed E-state index contributed by atoms with van der Waals surface area (Å²) in [5.41, 5.74) is 4.44. The molecule has 0 aliphatic heterocycles. The number of anilines is 1. The molecule has 0 atom stereocenters. The molecule has 0 radical (unpaired) electrons. The Kier molecular flexibility index (Phi) is 17.0. The van der Waals surface area contributed by atoms with E-state index in [9.17, 15) is 14.4 Å². The minimum Gasteiger partial charge on any atom is -0.466 e. The van der Waals surface area contributed by atoms with E-state index in [2.05, 4.69) is 31.9 Å². The zero-order valence-electron chi connectivity index (χ0n) is 28.2. The third-order valence-corrected chi connectivity index (χ3v) is 7.57. The minimum atomic E-state index is -0.427. The number of hydrogen-bond acceptors (Lipinski definition) is 10. The van der Waals surface area contributed by atoms with Gasteiger partial charge >= 0.3 is 11.9 Å². The van der Waals surface area contributed by atoms with E-state index in [-0.39, 0.29) is 18.4 Å². The maximum atomic E-state index is 12.6. The number of likely N-dealkylation sites (N-methyl/N-ethyl adjacent to an activating group) is 1. The van der Waals surface area contributed by atoms with Crippen molar-refractivity contribution in [1.82, 2.24) is 0 Å². The smallest absolute Gasteiger partial charge is 0.330 e. The van der Waals surface area contributed by atoms with Crippen LogP contribution in [0.25, 0.3) is 0 Å². The highest BCUT2D eigenvalue weighted by Gasteiger charge is 2.07. The Bertz CT molecular complexity index is 1490. The molecule has 0 spiro atoms. The lowest BCUT2D eigenvalue weighted by atomic mass is 10.0. The number of rotatable bonds is 22. The molecule has 10 nitrogen and oxygen atoms in total. The van der Waals surface area contributed by atoms with Crippen LogP contribution < -0.4 is 4.90 Å². The summed E-state index contributed by atoms with van der Waals surface area (Å²) in [6, 6.07) is 22.2. The first-order valence-corrected chi connectivity index (χ1v) is 16.8. The van der Waals surface area contributed by atoms with E-state index in [0.717, 1.165) is 68.9 Å². The SMILES string of the molecule is C=CC(=O)OCCN(CC)c1ccc(N=Nc2ccc(N=Nc3ccc(C(=O)CCCCCCCCCOC(=O)CC)cc3)cc2)cc1. The molecule has 0 saturated carbocycles. The zero-order valence-corrected chi connectivity index (χ0v) is 28.2. The summed E-state index contributed by atoms with van der Waals surface area (Å²) < 4.78 is 10.2. The van der Waals surface area contributed by atoms with Crippen LogP contribution in [0.2, 0.25) is 0 Å². The number of hydrogen-bond donors (Lipinski definition) is 0. The Morgan fingerprint density at radius 1 is 0.646 bits per heavy atom. The number of nitrogens with zero attached hydrogens (tertiary/aromatic N) is 5. The highest BCUT2D eigenvalue weighted by Crippen LogP contribution is 2.25. The molecule has 0 aromatic heterocycles. The van der Waals surface area contributed by atoms with Crippen LogP contribution in [-0.4, -0.2) is 44.0 Å². The van der Waals surface area contributed by atoms with Crippen LogP contribution in [0.3, 0.4) is 0 Å². The second-order valence-corrected chi connectivity index (χ2v) is 11.2. The predicted octanol–water partition coefficient (Wildman–Crippen LogP) is 10.3. The fourth-order valence-corrected chi connectivity index (χ4v) is 4.75. The van der Waals surface area contributed by atoms with Crippen molar-refractivity contribution in [2.75, 3.05) is 31.2 Å². The lowest BCUT2D eigenvalue weighted by molar-refractivity contribution is -0.143. The van der Waals surface area contributed by atoms with Crippen molar-refractivity contribution >= 4 is 46.2 Å². The van der Waals surface area contributed by atoms with Gasteiger partial charge in [-0.15, -0.1) is 0 Å². The quantitative estimate of drug-likeness (QED) is 0.0349. The molecule has 0 saturated heterocycles. The summed E-state index contributed by atoms with van der Waals surface area (Å²) in [6.07, 6.45) is 9.39. The maximum Gasteiger partial charge on any atom is 0.330 e. The zero-order chi connectivity index (χ0) is 34.4. The summed E-state index contributed by atoms with van der Waals surface area (Å²) in [6.45, 7) is 9.40. The van der Waals surface area contributed by atoms with Gasteiger partial charge in [-0.2, -0.15) is 20.5 Å². The van der Waals surface area contributed by atoms with Gasteiger partial charge in [-0.05, 0) is 92.6 Å². The fourth-order valence-electron chi connectivity index (χ4n) is 4.75. The van der Waals surface area contributed by atoms with E-state index >= 15 is 0 Å². The summed E-state index contributed by atoms with van der Waals surface area (Å²) in [4.78, 5) is 37.1. The van der Waals surface area contributed by atoms with Gasteiger partial charge < -0.3 is 14.4 Å². The van der Waals surface area contributed by atoms with Gasteiger partial charge in [0.1, 0.15) is 6.61 Å². The molecule has 3 aromatic carbocycles. The summed E-state index contributed by atoms with van der Waals surface area (Å²) in [5, 5.41) is 17.2. The Morgan fingerprint density at radius 2 is 1.12 bits per heavy atom. The second kappa shape index (κ2) is 21.7. The van der Waals surface area contributed by atoms with Gasteiger partial charge in [0.05, 0.1) is 35.9 Å². The summed E-state index contributed by atoms with van der Waals surface area (Å²) in [7, 11) is 0. The second-order valence-electron chi connectivity index (χ2n) is 11.2. The number of carbonyl (C=O) groups excluding carboxylic acids is 3. The van der Waals surface area contributed by atoms with E-state index in [1.165, 1.54) is 0 Å². The molecule has 0 heterocycles. The molecule has 48 heavy (non-hydrogen) atoms. The van der Waals surface area contributed by atoms with E-state index in [1.54, 1.807) is 31.2 Å². The highest BCUT2D eigenvalue weighted by molar-refractivity contribution is 5.96. The van der Waals surface area contributed by atoms with Crippen LogP contribution in [0.5, 0.6) is 0 Å². The average molecular weight is 654 g/mol. The Balaban J connectivity index is 1.37. The molecule has 3 rings (SSSR count). The molecule has 0 amide bonds. The van der Waals surface area contributed by atoms with Crippen molar-refractivity contribution in [2.24, 2.45) is 20.5 Å². The number of Topliss-reactive ketones (excluding diaryl/α,β-unsaturated/α-hetero) is 1. The van der Waals surface area contributed by atoms with Crippen molar-refractivity contribution < 1.29 is 23.9 Å². The minimum absolute atomic E-state index is 0.134. The molecule has 0 bridgehead atoms.